The Balaban J connectivity index is 1.28. The molecule has 3 aromatic heterocycles. The van der Waals surface area contributed by atoms with Gasteiger partial charge < -0.3 is 19.9 Å². The van der Waals surface area contributed by atoms with Crippen LogP contribution in [-0.2, 0) is 0 Å². The number of nitrogens with one attached hydrogen (secondary N) is 1. The van der Waals surface area contributed by atoms with E-state index in [9.17, 15) is 8.78 Å². The Labute approximate surface area is 224 Å². The van der Waals surface area contributed by atoms with Crippen molar-refractivity contribution >= 4 is 39.0 Å². The maximum atomic E-state index is 15.0. The van der Waals surface area contributed by atoms with Crippen molar-refractivity contribution in [3.05, 3.63) is 53.0 Å². The number of hydrogen-bond acceptors (Lipinski definition) is 8. The van der Waals surface area contributed by atoms with Crippen LogP contribution in [0.1, 0.15) is 37.5 Å². The summed E-state index contributed by atoms with van der Waals surface area (Å²) in [6.07, 6.45) is 3.41. The smallest absolute Gasteiger partial charge is 0.229 e. The van der Waals surface area contributed by atoms with Gasteiger partial charge in [-0.15, -0.1) is 11.3 Å². The minimum Gasteiger partial charge on any atom is -0.486 e. The molecular formula is C28H30F2N6OS. The summed E-state index contributed by atoms with van der Waals surface area (Å²) in [6, 6.07) is 9.28. The minimum atomic E-state index is -0.632. The monoisotopic (exact) mass is 536 g/mol. The van der Waals surface area contributed by atoms with E-state index in [4.69, 9.17) is 9.72 Å². The fraction of sp³-hybridized carbons (Fsp3) is 0.393. The third-order valence-corrected chi connectivity index (χ3v) is 8.52. The van der Waals surface area contributed by atoms with E-state index in [-0.39, 0.29) is 23.4 Å². The molecule has 2 aliphatic heterocycles. The number of thiophene rings is 1. The molecule has 1 aromatic carbocycles. The van der Waals surface area contributed by atoms with Gasteiger partial charge in [-0.05, 0) is 83.1 Å². The quantitative estimate of drug-likeness (QED) is 0.326. The molecular weight excluding hydrogens is 506 g/mol. The zero-order valence-corrected chi connectivity index (χ0v) is 22.5. The Morgan fingerprint density at radius 1 is 1.05 bits per heavy atom. The molecule has 0 atom stereocenters. The third kappa shape index (κ3) is 4.78. The molecule has 1 fully saturated rings. The van der Waals surface area contributed by atoms with Gasteiger partial charge in [0.15, 0.2) is 17.4 Å². The molecule has 1 saturated heterocycles. The highest BCUT2D eigenvalue weighted by Crippen LogP contribution is 2.40. The number of nitrogens with zero attached hydrogens (tertiary/aromatic N) is 5. The average Bonchev–Trinajstić information content (AvgIpc) is 3.33. The molecule has 0 saturated carbocycles. The summed E-state index contributed by atoms with van der Waals surface area (Å²) in [5.74, 6) is 0.347. The van der Waals surface area contributed by atoms with Crippen molar-refractivity contribution in [2.45, 2.75) is 38.6 Å². The van der Waals surface area contributed by atoms with Gasteiger partial charge in [-0.3, -0.25) is 0 Å². The van der Waals surface area contributed by atoms with Crippen LogP contribution in [0, 0.1) is 11.6 Å². The molecule has 10 heteroatoms. The molecule has 38 heavy (non-hydrogen) atoms. The van der Waals surface area contributed by atoms with E-state index in [1.165, 1.54) is 10.9 Å². The van der Waals surface area contributed by atoms with E-state index in [1.54, 1.807) is 17.4 Å². The number of halogens is 2. The van der Waals surface area contributed by atoms with Gasteiger partial charge in [-0.1, -0.05) is 0 Å². The van der Waals surface area contributed by atoms with Crippen molar-refractivity contribution in [3.63, 3.8) is 0 Å². The van der Waals surface area contributed by atoms with Gasteiger partial charge in [0.25, 0.3) is 0 Å². The lowest BCUT2D eigenvalue weighted by Crippen LogP contribution is -2.38. The summed E-state index contributed by atoms with van der Waals surface area (Å²) in [6.45, 7) is 7.31. The predicted molar refractivity (Wildman–Crippen MR) is 148 cm³/mol. The lowest BCUT2D eigenvalue weighted by atomic mass is 9.95. The molecule has 0 amide bonds. The molecule has 2 aliphatic rings. The topological polar surface area (TPSA) is 66.4 Å². The maximum Gasteiger partial charge on any atom is 0.229 e. The average molecular weight is 537 g/mol. The van der Waals surface area contributed by atoms with Crippen LogP contribution in [0.15, 0.2) is 36.5 Å². The zero-order chi connectivity index (χ0) is 26.4. The van der Waals surface area contributed by atoms with Crippen molar-refractivity contribution in [2.24, 2.45) is 0 Å². The van der Waals surface area contributed by atoms with Gasteiger partial charge in [0, 0.05) is 21.9 Å². The Morgan fingerprint density at radius 3 is 2.66 bits per heavy atom. The molecule has 5 heterocycles. The van der Waals surface area contributed by atoms with Gasteiger partial charge >= 0.3 is 0 Å². The number of benzene rings is 1. The first-order chi connectivity index (χ1) is 18.4. The molecule has 7 nitrogen and oxygen atoms in total. The van der Waals surface area contributed by atoms with Gasteiger partial charge in [0.05, 0.1) is 18.4 Å². The molecule has 0 radical (unpaired) electrons. The standard InChI is InChI=1S/C28H30F2N6OS/c1-16(2)36-10-11-37-26-20(29)12-19(13-22(26)36)25-21(30)15-31-28(34-25)33-24-5-4-18-14-23(38-27(18)32-24)17-6-8-35(3)9-7-17/h4-5,12-17H,6-11H2,1-3H3,(H,31,32,33,34). The van der Waals surface area contributed by atoms with Crippen LogP contribution >= 0.6 is 11.3 Å². The van der Waals surface area contributed by atoms with Gasteiger partial charge in [-0.25, -0.2) is 23.7 Å². The second-order valence-electron chi connectivity index (χ2n) is 10.3. The molecule has 6 rings (SSSR count). The third-order valence-electron chi connectivity index (χ3n) is 7.32. The first-order valence-corrected chi connectivity index (χ1v) is 13.8. The fourth-order valence-corrected chi connectivity index (χ4v) is 6.42. The van der Waals surface area contributed by atoms with E-state index in [2.05, 4.69) is 33.3 Å². The molecule has 0 spiro atoms. The molecule has 198 valence electrons. The number of pyridine rings is 1. The molecule has 1 N–H and O–H groups in total. The van der Waals surface area contributed by atoms with E-state index >= 15 is 0 Å². The van der Waals surface area contributed by atoms with Crippen LogP contribution in [-0.4, -0.2) is 59.2 Å². The second kappa shape index (κ2) is 10.1. The predicted octanol–water partition coefficient (Wildman–Crippen LogP) is 6.19. The van der Waals surface area contributed by atoms with Gasteiger partial charge in [-0.2, -0.15) is 0 Å². The van der Waals surface area contributed by atoms with E-state index < -0.39 is 11.6 Å². The minimum absolute atomic E-state index is 0.0141. The first kappa shape index (κ1) is 24.9. The van der Waals surface area contributed by atoms with Crippen molar-refractivity contribution < 1.29 is 13.5 Å². The zero-order valence-electron chi connectivity index (χ0n) is 21.7. The summed E-state index contributed by atoms with van der Waals surface area (Å²) in [5, 5.41) is 4.21. The van der Waals surface area contributed by atoms with Gasteiger partial charge in [0.2, 0.25) is 5.95 Å². The number of likely N-dealkylation sites (tertiary alicyclic amines) is 1. The maximum absolute atomic E-state index is 15.0. The van der Waals surface area contributed by atoms with Crippen LogP contribution in [0.25, 0.3) is 21.5 Å². The first-order valence-electron chi connectivity index (χ1n) is 13.0. The number of fused-ring (bicyclic) bond motifs is 2. The van der Waals surface area contributed by atoms with Crippen LogP contribution in [0.2, 0.25) is 0 Å². The summed E-state index contributed by atoms with van der Waals surface area (Å²) in [4.78, 5) is 20.0. The number of piperidine rings is 1. The van der Waals surface area contributed by atoms with Crippen LogP contribution in [0.4, 0.5) is 26.2 Å². The fourth-order valence-electron chi connectivity index (χ4n) is 5.22. The second-order valence-corrected chi connectivity index (χ2v) is 11.3. The van der Waals surface area contributed by atoms with E-state index in [0.717, 1.165) is 42.3 Å². The van der Waals surface area contributed by atoms with Crippen molar-refractivity contribution in [1.29, 1.82) is 0 Å². The summed E-state index contributed by atoms with van der Waals surface area (Å²) in [5.41, 5.74) is 0.934. The number of ether oxygens (including phenoxy) is 1. The van der Waals surface area contributed by atoms with E-state index in [0.29, 0.717) is 36.1 Å². The summed E-state index contributed by atoms with van der Waals surface area (Å²) in [7, 11) is 2.17. The number of anilines is 3. The van der Waals surface area contributed by atoms with Gasteiger partial charge in [0.1, 0.15) is 22.9 Å². The number of aromatic nitrogens is 3. The molecule has 0 bridgehead atoms. The van der Waals surface area contributed by atoms with E-state index in [1.807, 2.05) is 30.9 Å². The van der Waals surface area contributed by atoms with Crippen LogP contribution in [0.5, 0.6) is 5.75 Å². The largest absolute Gasteiger partial charge is 0.486 e. The lowest BCUT2D eigenvalue weighted by Gasteiger charge is -2.34. The van der Waals surface area contributed by atoms with Crippen LogP contribution in [0.3, 0.4) is 0 Å². The van der Waals surface area contributed by atoms with Crippen LogP contribution < -0.4 is 15.0 Å². The Kier molecular flexibility index (Phi) is 6.61. The Bertz CT molecular complexity index is 1480. The lowest BCUT2D eigenvalue weighted by molar-refractivity contribution is 0.257. The summed E-state index contributed by atoms with van der Waals surface area (Å²) < 4.78 is 35.5. The van der Waals surface area contributed by atoms with Crippen molar-refractivity contribution in [1.82, 2.24) is 19.9 Å². The van der Waals surface area contributed by atoms with Crippen molar-refractivity contribution in [3.8, 4) is 17.0 Å². The summed E-state index contributed by atoms with van der Waals surface area (Å²) >= 11 is 1.72. The SMILES string of the molecule is CC(C)N1CCOc2c(F)cc(-c3nc(Nc4ccc5cc(C6CCN(C)CC6)sc5n4)ncc3F)cc21. The normalized spacial score (nSPS) is 16.6. The molecule has 0 unspecified atom stereocenters. The Hall–Kier alpha value is -3.37. The number of hydrogen-bond donors (Lipinski definition) is 1. The highest BCUT2D eigenvalue weighted by Gasteiger charge is 2.26. The highest BCUT2D eigenvalue weighted by molar-refractivity contribution is 7.18. The molecule has 0 aliphatic carbocycles. The number of rotatable bonds is 5. The molecule has 4 aromatic rings. The highest BCUT2D eigenvalue weighted by atomic mass is 32.1. The van der Waals surface area contributed by atoms with Crippen molar-refractivity contribution in [2.75, 3.05) is 43.5 Å². The Morgan fingerprint density at radius 2 is 1.87 bits per heavy atom.